The smallest absolute Gasteiger partial charge is 0.170 e. The van der Waals surface area contributed by atoms with Crippen LogP contribution in [0.3, 0.4) is 0 Å². The molecular formula is C8H8ClFN2S. The molecule has 0 unspecified atom stereocenters. The van der Waals surface area contributed by atoms with Crippen molar-refractivity contribution in [3.8, 4) is 0 Å². The van der Waals surface area contributed by atoms with Gasteiger partial charge in [0.05, 0.1) is 10.7 Å². The van der Waals surface area contributed by atoms with Gasteiger partial charge in [0.25, 0.3) is 0 Å². The quantitative estimate of drug-likeness (QED) is 0.708. The summed E-state index contributed by atoms with van der Waals surface area (Å²) in [6, 6.07) is 4.07. The van der Waals surface area contributed by atoms with Gasteiger partial charge in [0.1, 0.15) is 5.82 Å². The zero-order valence-electron chi connectivity index (χ0n) is 6.90. The van der Waals surface area contributed by atoms with E-state index in [2.05, 4.69) is 10.6 Å². The molecule has 2 N–H and O–H groups in total. The molecular weight excluding hydrogens is 211 g/mol. The third-order valence-corrected chi connectivity index (χ3v) is 2.03. The Labute approximate surface area is 86.1 Å². The van der Waals surface area contributed by atoms with Crippen LogP contribution in [-0.4, -0.2) is 12.2 Å². The Balaban J connectivity index is 2.83. The predicted molar refractivity (Wildman–Crippen MR) is 56.7 cm³/mol. The van der Waals surface area contributed by atoms with Gasteiger partial charge in [0.2, 0.25) is 0 Å². The normalized spacial score (nSPS) is 9.46. The minimum absolute atomic E-state index is 0.303. The molecule has 1 rings (SSSR count). The average Bonchev–Trinajstić information content (AvgIpc) is 2.09. The Morgan fingerprint density at radius 3 is 2.77 bits per heavy atom. The van der Waals surface area contributed by atoms with Crippen LogP contribution in [0.4, 0.5) is 10.1 Å². The Kier molecular flexibility index (Phi) is 3.45. The van der Waals surface area contributed by atoms with Gasteiger partial charge in [-0.05, 0) is 30.4 Å². The van der Waals surface area contributed by atoms with Crippen molar-refractivity contribution >= 4 is 34.6 Å². The first-order valence-electron chi connectivity index (χ1n) is 3.57. The minimum Gasteiger partial charge on any atom is -0.366 e. The molecule has 0 aliphatic heterocycles. The molecule has 70 valence electrons. The van der Waals surface area contributed by atoms with Crippen molar-refractivity contribution in [2.75, 3.05) is 12.4 Å². The molecule has 1 aromatic rings. The van der Waals surface area contributed by atoms with Gasteiger partial charge in [-0.1, -0.05) is 11.6 Å². The molecule has 0 fully saturated rings. The van der Waals surface area contributed by atoms with E-state index < -0.39 is 0 Å². The van der Waals surface area contributed by atoms with Gasteiger partial charge >= 0.3 is 0 Å². The summed E-state index contributed by atoms with van der Waals surface area (Å²) >= 11 is 10.6. The summed E-state index contributed by atoms with van der Waals surface area (Å²) in [5, 5.41) is 6.27. The topological polar surface area (TPSA) is 24.1 Å². The molecule has 2 nitrogen and oxygen atoms in total. The fraction of sp³-hybridized carbons (Fsp3) is 0.125. The Morgan fingerprint density at radius 1 is 1.54 bits per heavy atom. The van der Waals surface area contributed by atoms with Crippen molar-refractivity contribution in [1.29, 1.82) is 0 Å². The van der Waals surface area contributed by atoms with E-state index in [9.17, 15) is 4.39 Å². The molecule has 0 aromatic heterocycles. The van der Waals surface area contributed by atoms with Crippen molar-refractivity contribution in [1.82, 2.24) is 5.32 Å². The monoisotopic (exact) mass is 218 g/mol. The molecule has 0 aliphatic carbocycles. The number of thiocarbonyl (C=S) groups is 1. The number of anilines is 1. The lowest BCUT2D eigenvalue weighted by Crippen LogP contribution is -2.24. The van der Waals surface area contributed by atoms with E-state index in [4.69, 9.17) is 23.8 Å². The second kappa shape index (κ2) is 4.39. The maximum Gasteiger partial charge on any atom is 0.170 e. The molecule has 0 aliphatic rings. The predicted octanol–water partition coefficient (Wildman–Crippen LogP) is 2.40. The van der Waals surface area contributed by atoms with Crippen LogP contribution in [0.25, 0.3) is 0 Å². The molecule has 0 spiro atoms. The van der Waals surface area contributed by atoms with E-state index in [1.165, 1.54) is 18.2 Å². The van der Waals surface area contributed by atoms with Crippen LogP contribution < -0.4 is 10.6 Å². The van der Waals surface area contributed by atoms with E-state index in [1.807, 2.05) is 0 Å². The zero-order valence-corrected chi connectivity index (χ0v) is 8.47. The fourth-order valence-corrected chi connectivity index (χ4v) is 1.10. The molecule has 13 heavy (non-hydrogen) atoms. The van der Waals surface area contributed by atoms with Gasteiger partial charge in [-0.15, -0.1) is 0 Å². The number of hydrogen-bond acceptors (Lipinski definition) is 1. The van der Waals surface area contributed by atoms with Gasteiger partial charge in [0, 0.05) is 7.05 Å². The van der Waals surface area contributed by atoms with Gasteiger partial charge < -0.3 is 10.6 Å². The van der Waals surface area contributed by atoms with Gasteiger partial charge in [-0.3, -0.25) is 0 Å². The first-order valence-corrected chi connectivity index (χ1v) is 4.36. The van der Waals surface area contributed by atoms with Crippen molar-refractivity contribution < 1.29 is 4.39 Å². The summed E-state index contributed by atoms with van der Waals surface area (Å²) in [5.41, 5.74) is 0.586. The van der Waals surface area contributed by atoms with Gasteiger partial charge in [-0.2, -0.15) is 0 Å². The standard InChI is InChI=1S/C8H8ClFN2S/c1-11-8(13)12-7-3-2-5(10)4-6(7)9/h2-4H,1H3,(H2,11,12,13). The molecule has 0 atom stereocenters. The van der Waals surface area contributed by atoms with E-state index in [0.29, 0.717) is 15.8 Å². The lowest BCUT2D eigenvalue weighted by Gasteiger charge is -2.08. The van der Waals surface area contributed by atoms with Crippen molar-refractivity contribution in [2.45, 2.75) is 0 Å². The van der Waals surface area contributed by atoms with Crippen LogP contribution in [-0.2, 0) is 0 Å². The van der Waals surface area contributed by atoms with E-state index in [1.54, 1.807) is 7.05 Å². The number of nitrogens with one attached hydrogen (secondary N) is 2. The third-order valence-electron chi connectivity index (χ3n) is 1.41. The SMILES string of the molecule is CNC(=S)Nc1ccc(F)cc1Cl. The highest BCUT2D eigenvalue weighted by molar-refractivity contribution is 7.80. The summed E-state index contributed by atoms with van der Waals surface area (Å²) < 4.78 is 12.6. The van der Waals surface area contributed by atoms with Gasteiger partial charge in [-0.25, -0.2) is 4.39 Å². The highest BCUT2D eigenvalue weighted by Gasteiger charge is 2.02. The van der Waals surface area contributed by atoms with E-state index >= 15 is 0 Å². The highest BCUT2D eigenvalue weighted by Crippen LogP contribution is 2.21. The lowest BCUT2D eigenvalue weighted by molar-refractivity contribution is 0.628. The van der Waals surface area contributed by atoms with Crippen LogP contribution in [0.15, 0.2) is 18.2 Å². The van der Waals surface area contributed by atoms with Crippen LogP contribution in [0, 0.1) is 5.82 Å². The molecule has 1 aromatic carbocycles. The molecule has 0 heterocycles. The Hall–Kier alpha value is -0.870. The zero-order chi connectivity index (χ0) is 9.84. The molecule has 0 saturated heterocycles. The Bertz CT molecular complexity index is 330. The first-order chi connectivity index (χ1) is 6.13. The molecule has 0 bridgehead atoms. The third kappa shape index (κ3) is 2.82. The Morgan fingerprint density at radius 2 is 2.23 bits per heavy atom. The number of halogens is 2. The second-order valence-corrected chi connectivity index (χ2v) is 3.14. The van der Waals surface area contributed by atoms with Crippen LogP contribution in [0.1, 0.15) is 0 Å². The van der Waals surface area contributed by atoms with Crippen LogP contribution in [0.2, 0.25) is 5.02 Å². The maximum absolute atomic E-state index is 12.6. The van der Waals surface area contributed by atoms with Crippen LogP contribution in [0.5, 0.6) is 0 Å². The highest BCUT2D eigenvalue weighted by atomic mass is 35.5. The van der Waals surface area contributed by atoms with Crippen molar-refractivity contribution in [2.24, 2.45) is 0 Å². The largest absolute Gasteiger partial charge is 0.366 e. The summed E-state index contributed by atoms with van der Waals surface area (Å²) in [4.78, 5) is 0. The average molecular weight is 219 g/mol. The molecule has 0 radical (unpaired) electrons. The minimum atomic E-state index is -0.370. The first kappa shape index (κ1) is 10.2. The number of hydrogen-bond donors (Lipinski definition) is 2. The summed E-state index contributed by atoms with van der Waals surface area (Å²) in [6.07, 6.45) is 0. The number of benzene rings is 1. The van der Waals surface area contributed by atoms with Gasteiger partial charge in [0.15, 0.2) is 5.11 Å². The van der Waals surface area contributed by atoms with Crippen molar-refractivity contribution in [3.63, 3.8) is 0 Å². The molecule has 0 amide bonds. The molecule has 5 heteroatoms. The summed E-state index contributed by atoms with van der Waals surface area (Å²) in [6.45, 7) is 0. The number of rotatable bonds is 1. The second-order valence-electron chi connectivity index (χ2n) is 2.33. The van der Waals surface area contributed by atoms with Crippen molar-refractivity contribution in [3.05, 3.63) is 29.0 Å². The summed E-state index contributed by atoms with van der Waals surface area (Å²) in [5.74, 6) is -0.370. The van der Waals surface area contributed by atoms with E-state index in [0.717, 1.165) is 0 Å². The lowest BCUT2D eigenvalue weighted by atomic mass is 10.3. The maximum atomic E-state index is 12.6. The summed E-state index contributed by atoms with van der Waals surface area (Å²) in [7, 11) is 1.69. The van der Waals surface area contributed by atoms with Crippen LogP contribution >= 0.6 is 23.8 Å². The molecule has 0 saturated carbocycles. The fourth-order valence-electron chi connectivity index (χ4n) is 0.776. The van der Waals surface area contributed by atoms with E-state index in [-0.39, 0.29) is 5.82 Å².